The predicted molar refractivity (Wildman–Crippen MR) is 95.5 cm³/mol. The number of hydrogen-bond acceptors (Lipinski definition) is 6. The fourth-order valence-corrected chi connectivity index (χ4v) is 5.05. The summed E-state index contributed by atoms with van der Waals surface area (Å²) in [5, 5.41) is 0. The van der Waals surface area contributed by atoms with Crippen LogP contribution < -0.4 is 15.6 Å². The highest BCUT2D eigenvalue weighted by Crippen LogP contribution is 2.26. The molecule has 10 heteroatoms. The minimum Gasteiger partial charge on any atom is -0.497 e. The summed E-state index contributed by atoms with van der Waals surface area (Å²) in [5.74, 6) is -1.22. The molecule has 2 heterocycles. The Kier molecular flexibility index (Phi) is 5.36. The van der Waals surface area contributed by atoms with Gasteiger partial charge in [-0.2, -0.15) is 0 Å². The zero-order chi connectivity index (χ0) is 19.6. The third-order valence-electron chi connectivity index (χ3n) is 4.83. The van der Waals surface area contributed by atoms with Crippen LogP contribution in [0.1, 0.15) is 23.2 Å². The van der Waals surface area contributed by atoms with Crippen LogP contribution >= 0.6 is 0 Å². The van der Waals surface area contributed by atoms with E-state index in [0.29, 0.717) is 17.7 Å². The van der Waals surface area contributed by atoms with Gasteiger partial charge in [-0.25, -0.2) is 8.42 Å². The van der Waals surface area contributed by atoms with Crippen LogP contribution in [-0.4, -0.2) is 62.2 Å². The van der Waals surface area contributed by atoms with Gasteiger partial charge in [0.1, 0.15) is 5.75 Å². The van der Waals surface area contributed by atoms with Crippen LogP contribution in [0.4, 0.5) is 0 Å². The molecule has 2 saturated heterocycles. The van der Waals surface area contributed by atoms with Crippen LogP contribution in [0, 0.1) is 5.92 Å². The number of rotatable bonds is 4. The molecule has 2 aliphatic heterocycles. The van der Waals surface area contributed by atoms with Gasteiger partial charge >= 0.3 is 0 Å². The number of nitrogens with zero attached hydrogens (tertiary/aromatic N) is 1. The van der Waals surface area contributed by atoms with E-state index in [-0.39, 0.29) is 36.4 Å². The van der Waals surface area contributed by atoms with Gasteiger partial charge in [0.25, 0.3) is 5.91 Å². The van der Waals surface area contributed by atoms with Crippen molar-refractivity contribution in [3.8, 4) is 5.75 Å². The van der Waals surface area contributed by atoms with Crippen molar-refractivity contribution in [3.05, 3.63) is 29.8 Å². The second kappa shape index (κ2) is 7.55. The number of benzene rings is 1. The molecular weight excluding hydrogens is 374 g/mol. The Morgan fingerprint density at radius 2 is 1.89 bits per heavy atom. The number of carbonyl (C=O) groups excluding carboxylic acids is 3. The van der Waals surface area contributed by atoms with Gasteiger partial charge in [0.2, 0.25) is 11.8 Å². The summed E-state index contributed by atoms with van der Waals surface area (Å²) >= 11 is 0. The molecule has 0 saturated carbocycles. The first-order chi connectivity index (χ1) is 12.8. The monoisotopic (exact) mass is 395 g/mol. The number of sulfone groups is 1. The van der Waals surface area contributed by atoms with Crippen molar-refractivity contribution in [2.24, 2.45) is 5.92 Å². The van der Waals surface area contributed by atoms with E-state index in [1.54, 1.807) is 24.3 Å². The van der Waals surface area contributed by atoms with Crippen molar-refractivity contribution in [1.29, 1.82) is 0 Å². The Labute approximate surface area is 156 Å². The van der Waals surface area contributed by atoms with Gasteiger partial charge in [-0.3, -0.25) is 25.2 Å². The quantitative estimate of drug-likeness (QED) is 0.663. The summed E-state index contributed by atoms with van der Waals surface area (Å²) in [6.45, 7) is 0.156. The van der Waals surface area contributed by atoms with E-state index in [1.165, 1.54) is 12.0 Å². The maximum atomic E-state index is 12.3. The lowest BCUT2D eigenvalue weighted by molar-refractivity contribution is -0.130. The number of ether oxygens (including phenoxy) is 1. The molecule has 146 valence electrons. The van der Waals surface area contributed by atoms with Gasteiger partial charge in [-0.1, -0.05) is 0 Å². The number of carbonyl (C=O) groups is 3. The molecule has 2 aliphatic rings. The normalized spacial score (nSPS) is 23.9. The van der Waals surface area contributed by atoms with E-state index in [2.05, 4.69) is 10.9 Å². The lowest BCUT2D eigenvalue weighted by atomic mass is 10.1. The van der Waals surface area contributed by atoms with Crippen LogP contribution in [0.15, 0.2) is 24.3 Å². The van der Waals surface area contributed by atoms with E-state index >= 15 is 0 Å². The third-order valence-corrected chi connectivity index (χ3v) is 6.58. The van der Waals surface area contributed by atoms with Crippen LogP contribution in [-0.2, 0) is 19.4 Å². The average molecular weight is 395 g/mol. The number of hydrogen-bond donors (Lipinski definition) is 2. The highest BCUT2D eigenvalue weighted by Gasteiger charge is 2.41. The molecule has 3 amide bonds. The Bertz CT molecular complexity index is 852. The minimum absolute atomic E-state index is 0.000781. The second-order valence-corrected chi connectivity index (χ2v) is 8.90. The topological polar surface area (TPSA) is 122 Å². The minimum atomic E-state index is -3.11. The highest BCUT2D eigenvalue weighted by atomic mass is 32.2. The van der Waals surface area contributed by atoms with Gasteiger partial charge in [0, 0.05) is 24.6 Å². The largest absolute Gasteiger partial charge is 0.497 e. The number of hydrazine groups is 1. The standard InChI is InChI=1S/C17H21N3O6S/c1-26-14-4-2-11(3-5-14)16(22)18-19-17(23)12-8-15(21)20(9-12)13-6-7-27(24,25)10-13/h2-5,12-13H,6-10H2,1H3,(H,18,22)(H,19,23). The van der Waals surface area contributed by atoms with E-state index in [0.717, 1.165) is 0 Å². The molecule has 27 heavy (non-hydrogen) atoms. The lowest BCUT2D eigenvalue weighted by Crippen LogP contribution is -2.45. The molecule has 0 bridgehead atoms. The summed E-state index contributed by atoms with van der Waals surface area (Å²) in [7, 11) is -1.60. The SMILES string of the molecule is COc1ccc(C(=O)NNC(=O)C2CC(=O)N(C3CCS(=O)(=O)C3)C2)cc1. The van der Waals surface area contributed by atoms with Gasteiger partial charge in [-0.15, -0.1) is 0 Å². The van der Waals surface area contributed by atoms with E-state index in [1.807, 2.05) is 0 Å². The summed E-state index contributed by atoms with van der Waals surface area (Å²) in [5.41, 5.74) is 5.00. The molecule has 0 aromatic heterocycles. The van der Waals surface area contributed by atoms with Gasteiger partial charge < -0.3 is 9.64 Å². The molecule has 9 nitrogen and oxygen atoms in total. The molecule has 2 N–H and O–H groups in total. The zero-order valence-corrected chi connectivity index (χ0v) is 15.6. The molecule has 1 aromatic rings. The Hall–Kier alpha value is -2.62. The predicted octanol–water partition coefficient (Wildman–Crippen LogP) is -0.508. The second-order valence-electron chi connectivity index (χ2n) is 6.68. The van der Waals surface area contributed by atoms with Crippen molar-refractivity contribution < 1.29 is 27.5 Å². The van der Waals surface area contributed by atoms with Gasteiger partial charge in [0.05, 0.1) is 24.5 Å². The fraction of sp³-hybridized carbons (Fsp3) is 0.471. The van der Waals surface area contributed by atoms with E-state index < -0.39 is 27.6 Å². The number of methoxy groups -OCH3 is 1. The van der Waals surface area contributed by atoms with Crippen LogP contribution in [0.2, 0.25) is 0 Å². The van der Waals surface area contributed by atoms with Gasteiger partial charge in [-0.05, 0) is 30.7 Å². The van der Waals surface area contributed by atoms with E-state index in [9.17, 15) is 22.8 Å². The zero-order valence-electron chi connectivity index (χ0n) is 14.8. The van der Waals surface area contributed by atoms with Gasteiger partial charge in [0.15, 0.2) is 9.84 Å². The third kappa shape index (κ3) is 4.38. The van der Waals surface area contributed by atoms with Crippen LogP contribution in [0.5, 0.6) is 5.75 Å². The summed E-state index contributed by atoms with van der Waals surface area (Å²) in [4.78, 5) is 38.0. The Morgan fingerprint density at radius 3 is 2.48 bits per heavy atom. The molecule has 2 unspecified atom stereocenters. The average Bonchev–Trinajstić information content (AvgIpc) is 3.21. The Morgan fingerprint density at radius 1 is 1.19 bits per heavy atom. The number of amides is 3. The van der Waals surface area contributed by atoms with Crippen LogP contribution in [0.25, 0.3) is 0 Å². The first-order valence-electron chi connectivity index (χ1n) is 8.53. The number of nitrogens with one attached hydrogen (secondary N) is 2. The van der Waals surface area contributed by atoms with Crippen molar-refractivity contribution in [3.63, 3.8) is 0 Å². The maximum Gasteiger partial charge on any atom is 0.269 e. The summed E-state index contributed by atoms with van der Waals surface area (Å²) in [6, 6.07) is 6.00. The molecular formula is C17H21N3O6S. The first kappa shape index (κ1) is 19.2. The number of likely N-dealkylation sites (tertiary alicyclic amines) is 1. The van der Waals surface area contributed by atoms with Crippen molar-refractivity contribution in [1.82, 2.24) is 15.8 Å². The fourth-order valence-electron chi connectivity index (χ4n) is 3.32. The van der Waals surface area contributed by atoms with Crippen molar-refractivity contribution in [2.75, 3.05) is 25.2 Å². The Balaban J connectivity index is 1.52. The van der Waals surface area contributed by atoms with Crippen LogP contribution in [0.3, 0.4) is 0 Å². The molecule has 0 aliphatic carbocycles. The maximum absolute atomic E-state index is 12.3. The summed E-state index contributed by atoms with van der Waals surface area (Å²) < 4.78 is 28.2. The lowest BCUT2D eigenvalue weighted by Gasteiger charge is -2.22. The van der Waals surface area contributed by atoms with Crippen molar-refractivity contribution >= 4 is 27.6 Å². The first-order valence-corrected chi connectivity index (χ1v) is 10.4. The molecule has 0 radical (unpaired) electrons. The molecule has 0 spiro atoms. The van der Waals surface area contributed by atoms with E-state index in [4.69, 9.17) is 4.74 Å². The smallest absolute Gasteiger partial charge is 0.269 e. The highest BCUT2D eigenvalue weighted by molar-refractivity contribution is 7.91. The van der Waals surface area contributed by atoms with Crippen molar-refractivity contribution in [2.45, 2.75) is 18.9 Å². The molecule has 2 atom stereocenters. The molecule has 2 fully saturated rings. The molecule has 3 rings (SSSR count). The molecule has 1 aromatic carbocycles. The summed E-state index contributed by atoms with van der Waals surface area (Å²) in [6.07, 6.45) is 0.400.